The van der Waals surface area contributed by atoms with Crippen LogP contribution in [0, 0.1) is 0 Å². The van der Waals surface area contributed by atoms with Crippen molar-refractivity contribution in [3.05, 3.63) is 0 Å². The van der Waals surface area contributed by atoms with Gasteiger partial charge in [0.15, 0.2) is 0 Å². The van der Waals surface area contributed by atoms with E-state index < -0.39 is 90.5 Å². The summed E-state index contributed by atoms with van der Waals surface area (Å²) >= 11 is 7.71. The smallest absolute Gasteiger partial charge is 0.327 e. The Morgan fingerprint density at radius 1 is 0.730 bits per heavy atom. The van der Waals surface area contributed by atoms with Crippen LogP contribution in [-0.4, -0.2) is 98.1 Å². The highest BCUT2D eigenvalue weighted by Gasteiger charge is 2.36. The molecule has 0 bridgehead atoms. The number of hydrogen-bond acceptors (Lipinski definition) is 10. The van der Waals surface area contributed by atoms with Crippen LogP contribution in [0.25, 0.3) is 0 Å². The number of amides is 4. The molecule has 0 aliphatic rings. The quantitative estimate of drug-likeness (QED) is 0.0811. The zero-order valence-corrected chi connectivity index (χ0v) is 22.0. The Balaban J connectivity index is 5.63. The van der Waals surface area contributed by atoms with Crippen LogP contribution in [0.3, 0.4) is 0 Å². The molecule has 0 radical (unpaired) electrons. The van der Waals surface area contributed by atoms with Gasteiger partial charge in [0, 0.05) is 24.3 Å². The Kier molecular flexibility index (Phi) is 14.6. The standard InChI is InChI=1S/C20H33N5O10S2/c1-20(2,25-17(32)11(4-6-14(28)29)22-15(30)9(21)7-36)19(35)24-10(3-5-13(26)27)16(31)23-12(8-37)18(33)34/h9-12,36-37H,3-8,21H2,1-2H3,(H,22,30)(H,23,31)(H,24,35)(H,25,32)(H,26,27)(H,28,29)(H,33,34). The first kappa shape index (κ1) is 34.0. The fraction of sp³-hybridized carbons (Fsp3) is 0.650. The third-order valence-electron chi connectivity index (χ3n) is 4.88. The third kappa shape index (κ3) is 12.7. The van der Waals surface area contributed by atoms with Crippen molar-refractivity contribution in [3.63, 3.8) is 0 Å². The zero-order chi connectivity index (χ0) is 28.9. The summed E-state index contributed by atoms with van der Waals surface area (Å²) in [6, 6.07) is -5.34. The van der Waals surface area contributed by atoms with Crippen LogP contribution < -0.4 is 27.0 Å². The summed E-state index contributed by atoms with van der Waals surface area (Å²) in [5.74, 6) is -7.86. The van der Waals surface area contributed by atoms with Gasteiger partial charge in [0.1, 0.15) is 23.7 Å². The number of rotatable bonds is 17. The van der Waals surface area contributed by atoms with E-state index in [0.717, 1.165) is 0 Å². The molecule has 0 heterocycles. The maximum atomic E-state index is 12.9. The van der Waals surface area contributed by atoms with Crippen LogP contribution in [0.4, 0.5) is 0 Å². The number of carbonyl (C=O) groups is 7. The second-order valence-electron chi connectivity index (χ2n) is 8.44. The Hall–Kier alpha value is -3.05. The summed E-state index contributed by atoms with van der Waals surface area (Å²) in [6.07, 6.45) is -1.75. The Bertz CT molecular complexity index is 886. The average Bonchev–Trinajstić information content (AvgIpc) is 2.80. The topological polar surface area (TPSA) is 254 Å². The fourth-order valence-corrected chi connectivity index (χ4v) is 3.10. The summed E-state index contributed by atoms with van der Waals surface area (Å²) in [5.41, 5.74) is 3.83. The molecule has 0 fully saturated rings. The van der Waals surface area contributed by atoms with Gasteiger partial charge in [-0.05, 0) is 26.7 Å². The zero-order valence-electron chi connectivity index (χ0n) is 20.2. The minimum Gasteiger partial charge on any atom is -0.481 e. The third-order valence-corrected chi connectivity index (χ3v) is 5.64. The molecule has 0 rings (SSSR count). The van der Waals surface area contributed by atoms with Crippen molar-refractivity contribution in [2.45, 2.75) is 69.2 Å². The number of carboxylic acids is 3. The molecule has 0 spiro atoms. The van der Waals surface area contributed by atoms with Gasteiger partial charge in [-0.2, -0.15) is 25.3 Å². The van der Waals surface area contributed by atoms with Gasteiger partial charge < -0.3 is 42.3 Å². The average molecular weight is 568 g/mol. The van der Waals surface area contributed by atoms with Crippen LogP contribution in [0.15, 0.2) is 0 Å². The second kappa shape index (κ2) is 15.9. The highest BCUT2D eigenvalue weighted by Crippen LogP contribution is 2.09. The lowest BCUT2D eigenvalue weighted by Gasteiger charge is -2.30. The van der Waals surface area contributed by atoms with Crippen molar-refractivity contribution in [2.24, 2.45) is 5.73 Å². The minimum atomic E-state index is -1.74. The van der Waals surface area contributed by atoms with Gasteiger partial charge in [-0.1, -0.05) is 0 Å². The molecule has 37 heavy (non-hydrogen) atoms. The molecule has 4 atom stereocenters. The van der Waals surface area contributed by atoms with Crippen LogP contribution in [0.2, 0.25) is 0 Å². The molecule has 17 heteroatoms. The molecule has 0 aromatic heterocycles. The van der Waals surface area contributed by atoms with Crippen molar-refractivity contribution in [3.8, 4) is 0 Å². The molecule has 0 aliphatic carbocycles. The van der Waals surface area contributed by atoms with Crippen LogP contribution >= 0.6 is 25.3 Å². The fourth-order valence-electron chi connectivity index (χ4n) is 2.68. The van der Waals surface area contributed by atoms with Gasteiger partial charge in [0.25, 0.3) is 0 Å². The predicted molar refractivity (Wildman–Crippen MR) is 135 cm³/mol. The van der Waals surface area contributed by atoms with E-state index in [1.807, 2.05) is 0 Å². The lowest BCUT2D eigenvalue weighted by atomic mass is 10.0. The van der Waals surface area contributed by atoms with E-state index in [4.69, 9.17) is 21.1 Å². The Labute approximate surface area is 223 Å². The monoisotopic (exact) mass is 567 g/mol. The number of nitrogens with one attached hydrogen (secondary N) is 4. The molecule has 4 amide bonds. The Morgan fingerprint density at radius 3 is 1.59 bits per heavy atom. The summed E-state index contributed by atoms with van der Waals surface area (Å²) in [4.78, 5) is 83.5. The van der Waals surface area contributed by atoms with E-state index in [9.17, 15) is 33.6 Å². The molecule has 9 N–H and O–H groups in total. The largest absolute Gasteiger partial charge is 0.481 e. The molecule has 0 saturated heterocycles. The van der Waals surface area contributed by atoms with Gasteiger partial charge in [0.05, 0.1) is 6.04 Å². The van der Waals surface area contributed by atoms with Crippen molar-refractivity contribution < 1.29 is 48.9 Å². The highest BCUT2D eigenvalue weighted by atomic mass is 32.1. The Morgan fingerprint density at radius 2 is 1.19 bits per heavy atom. The number of hydrogen-bond donors (Lipinski definition) is 10. The maximum Gasteiger partial charge on any atom is 0.327 e. The summed E-state index contributed by atoms with van der Waals surface area (Å²) in [5, 5.41) is 36.1. The number of nitrogens with two attached hydrogens (primary N) is 1. The lowest BCUT2D eigenvalue weighted by Crippen LogP contribution is -2.62. The molecule has 210 valence electrons. The van der Waals surface area contributed by atoms with E-state index in [1.165, 1.54) is 13.8 Å². The first-order valence-electron chi connectivity index (χ1n) is 10.9. The normalized spacial score (nSPS) is 14.3. The second-order valence-corrected chi connectivity index (χ2v) is 9.17. The van der Waals surface area contributed by atoms with Gasteiger partial charge in [-0.25, -0.2) is 4.79 Å². The summed E-state index contributed by atoms with van der Waals surface area (Å²) in [7, 11) is 0. The maximum absolute atomic E-state index is 12.9. The molecule has 0 aromatic rings. The molecule has 0 aliphatic heterocycles. The molecule has 0 aromatic carbocycles. The lowest BCUT2D eigenvalue weighted by molar-refractivity contribution is -0.142. The SMILES string of the molecule is CC(C)(NC(=O)C(CCC(=O)O)NC(=O)C(N)CS)C(=O)NC(CCC(=O)O)C(=O)NC(CS)C(=O)O. The van der Waals surface area contributed by atoms with Crippen molar-refractivity contribution in [1.29, 1.82) is 0 Å². The number of carbonyl (C=O) groups excluding carboxylic acids is 4. The molecule has 0 saturated carbocycles. The minimum absolute atomic E-state index is 0.0528. The molecular formula is C20H33N5O10S2. The summed E-state index contributed by atoms with van der Waals surface area (Å²) in [6.45, 7) is 2.49. The molecule has 15 nitrogen and oxygen atoms in total. The van der Waals surface area contributed by atoms with Gasteiger partial charge >= 0.3 is 17.9 Å². The van der Waals surface area contributed by atoms with Gasteiger partial charge in [0.2, 0.25) is 23.6 Å². The first-order chi connectivity index (χ1) is 17.0. The van der Waals surface area contributed by atoms with Crippen molar-refractivity contribution in [2.75, 3.05) is 11.5 Å². The van der Waals surface area contributed by atoms with E-state index in [1.54, 1.807) is 0 Å². The van der Waals surface area contributed by atoms with Crippen molar-refractivity contribution >= 4 is 66.8 Å². The first-order valence-corrected chi connectivity index (χ1v) is 12.2. The van der Waals surface area contributed by atoms with Crippen LogP contribution in [0.1, 0.15) is 39.5 Å². The summed E-state index contributed by atoms with van der Waals surface area (Å²) < 4.78 is 0. The number of thiol groups is 2. The van der Waals surface area contributed by atoms with Gasteiger partial charge in [-0.3, -0.25) is 28.8 Å². The van der Waals surface area contributed by atoms with Crippen LogP contribution in [-0.2, 0) is 33.6 Å². The number of aliphatic carboxylic acids is 3. The number of carboxylic acid groups (broad SMARTS) is 3. The molecule has 4 unspecified atom stereocenters. The van der Waals surface area contributed by atoms with E-state index in [-0.39, 0.29) is 17.9 Å². The predicted octanol–water partition coefficient (Wildman–Crippen LogP) is -2.66. The van der Waals surface area contributed by atoms with E-state index in [0.29, 0.717) is 0 Å². The highest BCUT2D eigenvalue weighted by molar-refractivity contribution is 7.80. The van der Waals surface area contributed by atoms with Crippen LogP contribution in [0.5, 0.6) is 0 Å². The molecular weight excluding hydrogens is 534 g/mol. The van der Waals surface area contributed by atoms with Gasteiger partial charge in [-0.15, -0.1) is 0 Å². The van der Waals surface area contributed by atoms with Crippen molar-refractivity contribution in [1.82, 2.24) is 21.3 Å². The van der Waals surface area contributed by atoms with E-state index >= 15 is 0 Å². The van der Waals surface area contributed by atoms with E-state index in [2.05, 4.69) is 46.5 Å².